The molecule has 1 amide bonds. The first-order valence-corrected chi connectivity index (χ1v) is 8.63. The zero-order chi connectivity index (χ0) is 18.8. The summed E-state index contributed by atoms with van der Waals surface area (Å²) >= 11 is 5.96. The van der Waals surface area contributed by atoms with E-state index in [2.05, 4.69) is 15.8 Å². The van der Waals surface area contributed by atoms with Gasteiger partial charge in [-0.25, -0.2) is 0 Å². The second-order valence-corrected chi connectivity index (χ2v) is 6.41. The number of amides is 1. The Kier molecular flexibility index (Phi) is 4.60. The minimum absolute atomic E-state index is 0.224. The van der Waals surface area contributed by atoms with Crippen molar-refractivity contribution in [3.05, 3.63) is 64.3 Å². The van der Waals surface area contributed by atoms with Crippen LogP contribution in [0.15, 0.2) is 47.0 Å². The van der Waals surface area contributed by atoms with Crippen molar-refractivity contribution >= 4 is 29.1 Å². The van der Waals surface area contributed by atoms with Crippen molar-refractivity contribution in [2.45, 2.75) is 13.5 Å². The van der Waals surface area contributed by atoms with Gasteiger partial charge in [-0.3, -0.25) is 4.79 Å². The van der Waals surface area contributed by atoms with E-state index in [0.717, 1.165) is 11.3 Å². The normalized spacial score (nSPS) is 12.1. The van der Waals surface area contributed by atoms with Gasteiger partial charge in [-0.15, -0.1) is 0 Å². The smallest absolute Gasteiger partial charge is 0.263 e. The van der Waals surface area contributed by atoms with E-state index in [-0.39, 0.29) is 12.7 Å². The van der Waals surface area contributed by atoms with Crippen LogP contribution in [0.2, 0.25) is 5.02 Å². The minimum atomic E-state index is -0.329. The van der Waals surface area contributed by atoms with Crippen LogP contribution >= 0.6 is 11.6 Å². The van der Waals surface area contributed by atoms with Crippen molar-refractivity contribution in [1.29, 1.82) is 0 Å². The monoisotopic (exact) mass is 385 g/mol. The van der Waals surface area contributed by atoms with Crippen molar-refractivity contribution < 1.29 is 18.8 Å². The third-order valence-corrected chi connectivity index (χ3v) is 4.30. The Morgan fingerprint density at radius 2 is 2.04 bits per heavy atom. The van der Waals surface area contributed by atoms with Gasteiger partial charge in [0, 0.05) is 17.3 Å². The molecule has 1 aliphatic rings. The van der Waals surface area contributed by atoms with Gasteiger partial charge >= 0.3 is 0 Å². The van der Waals surface area contributed by atoms with E-state index in [1.165, 1.54) is 0 Å². The molecule has 3 aromatic rings. The zero-order valence-corrected chi connectivity index (χ0v) is 15.2. The summed E-state index contributed by atoms with van der Waals surface area (Å²) in [6.07, 6.45) is 0. The van der Waals surface area contributed by atoms with Crippen LogP contribution in [0.1, 0.15) is 21.6 Å². The SMILES string of the molecule is Cc1noc(NCc2ccc3c(c2)OCO3)c1C(=O)Nc1cccc(Cl)c1. The lowest BCUT2D eigenvalue weighted by Crippen LogP contribution is -2.14. The molecule has 0 aliphatic carbocycles. The molecule has 4 rings (SSSR count). The maximum Gasteiger partial charge on any atom is 0.263 e. The van der Waals surface area contributed by atoms with Crippen molar-refractivity contribution in [2.75, 3.05) is 17.4 Å². The minimum Gasteiger partial charge on any atom is -0.454 e. The highest BCUT2D eigenvalue weighted by Gasteiger charge is 2.21. The van der Waals surface area contributed by atoms with E-state index in [4.69, 9.17) is 25.6 Å². The predicted octanol–water partition coefficient (Wildman–Crippen LogP) is 4.23. The average molecular weight is 386 g/mol. The molecule has 8 heteroatoms. The fraction of sp³-hybridized carbons (Fsp3) is 0.158. The van der Waals surface area contributed by atoms with Gasteiger partial charge < -0.3 is 24.6 Å². The summed E-state index contributed by atoms with van der Waals surface area (Å²) in [5.41, 5.74) is 2.38. The third-order valence-electron chi connectivity index (χ3n) is 4.06. The molecule has 2 N–H and O–H groups in total. The number of nitrogens with zero attached hydrogens (tertiary/aromatic N) is 1. The molecule has 0 atom stereocenters. The quantitative estimate of drug-likeness (QED) is 0.683. The molecule has 1 aromatic heterocycles. The fourth-order valence-electron chi connectivity index (χ4n) is 2.75. The van der Waals surface area contributed by atoms with Gasteiger partial charge in [0.15, 0.2) is 11.5 Å². The van der Waals surface area contributed by atoms with Crippen LogP contribution in [0.3, 0.4) is 0 Å². The molecular formula is C19H16ClN3O4. The Labute approximate surface area is 160 Å². The average Bonchev–Trinajstić information content (AvgIpc) is 3.25. The van der Waals surface area contributed by atoms with Gasteiger partial charge in [0.25, 0.3) is 5.91 Å². The van der Waals surface area contributed by atoms with Crippen LogP contribution in [-0.4, -0.2) is 17.9 Å². The highest BCUT2D eigenvalue weighted by molar-refractivity contribution is 6.31. The summed E-state index contributed by atoms with van der Waals surface area (Å²) in [7, 11) is 0. The summed E-state index contributed by atoms with van der Waals surface area (Å²) in [4.78, 5) is 12.7. The lowest BCUT2D eigenvalue weighted by molar-refractivity contribution is 0.102. The topological polar surface area (TPSA) is 85.6 Å². The summed E-state index contributed by atoms with van der Waals surface area (Å²) in [6, 6.07) is 12.6. The van der Waals surface area contributed by atoms with Crippen LogP contribution in [0.4, 0.5) is 11.6 Å². The molecule has 0 saturated heterocycles. The maximum atomic E-state index is 12.7. The van der Waals surface area contributed by atoms with E-state index < -0.39 is 0 Å². The zero-order valence-electron chi connectivity index (χ0n) is 14.4. The van der Waals surface area contributed by atoms with E-state index in [1.807, 2.05) is 18.2 Å². The fourth-order valence-corrected chi connectivity index (χ4v) is 2.94. The Morgan fingerprint density at radius 1 is 1.19 bits per heavy atom. The van der Waals surface area contributed by atoms with Crippen LogP contribution < -0.4 is 20.1 Å². The van der Waals surface area contributed by atoms with Gasteiger partial charge in [-0.2, -0.15) is 0 Å². The summed E-state index contributed by atoms with van der Waals surface area (Å²) in [5, 5.41) is 10.3. The number of benzene rings is 2. The van der Waals surface area contributed by atoms with E-state index in [9.17, 15) is 4.79 Å². The second-order valence-electron chi connectivity index (χ2n) is 5.98. The predicted molar refractivity (Wildman–Crippen MR) is 101 cm³/mol. The number of carbonyl (C=O) groups is 1. The molecule has 0 saturated carbocycles. The lowest BCUT2D eigenvalue weighted by atomic mass is 10.2. The second kappa shape index (κ2) is 7.20. The van der Waals surface area contributed by atoms with Gasteiger partial charge in [-0.05, 0) is 42.8 Å². The highest BCUT2D eigenvalue weighted by atomic mass is 35.5. The molecule has 138 valence electrons. The Balaban J connectivity index is 1.49. The van der Waals surface area contributed by atoms with Crippen LogP contribution in [0, 0.1) is 6.92 Å². The summed E-state index contributed by atoms with van der Waals surface area (Å²) in [6.45, 7) is 2.37. The third kappa shape index (κ3) is 3.68. The molecule has 0 radical (unpaired) electrons. The Morgan fingerprint density at radius 3 is 2.89 bits per heavy atom. The number of halogens is 1. The van der Waals surface area contributed by atoms with Crippen molar-refractivity contribution in [2.24, 2.45) is 0 Å². The number of rotatable bonds is 5. The number of hydrogen-bond donors (Lipinski definition) is 2. The molecule has 2 heterocycles. The van der Waals surface area contributed by atoms with Crippen molar-refractivity contribution in [3.63, 3.8) is 0 Å². The number of nitrogens with one attached hydrogen (secondary N) is 2. The number of aromatic nitrogens is 1. The van der Waals surface area contributed by atoms with Crippen LogP contribution in [0.25, 0.3) is 0 Å². The largest absolute Gasteiger partial charge is 0.454 e. The standard InChI is InChI=1S/C19H16ClN3O4/c1-11-17(18(24)22-14-4-2-3-13(20)8-14)19(27-23-11)21-9-12-5-6-15-16(7-12)26-10-25-15/h2-8,21H,9-10H2,1H3,(H,22,24). The van der Waals surface area contributed by atoms with Gasteiger partial charge in [0.2, 0.25) is 12.7 Å². The molecule has 7 nitrogen and oxygen atoms in total. The molecule has 0 bridgehead atoms. The summed E-state index contributed by atoms with van der Waals surface area (Å²) in [5.74, 6) is 1.38. The van der Waals surface area contributed by atoms with E-state index >= 15 is 0 Å². The number of carbonyl (C=O) groups excluding carboxylic acids is 1. The number of anilines is 2. The first-order valence-electron chi connectivity index (χ1n) is 8.26. The van der Waals surface area contributed by atoms with Crippen molar-refractivity contribution in [1.82, 2.24) is 5.16 Å². The first-order chi connectivity index (χ1) is 13.1. The molecule has 2 aromatic carbocycles. The first kappa shape index (κ1) is 17.2. The Hall–Kier alpha value is -3.19. The number of aryl methyl sites for hydroxylation is 1. The van der Waals surface area contributed by atoms with Gasteiger partial charge in [0.05, 0.1) is 5.69 Å². The van der Waals surface area contributed by atoms with E-state index in [0.29, 0.717) is 40.1 Å². The summed E-state index contributed by atoms with van der Waals surface area (Å²) < 4.78 is 16.0. The van der Waals surface area contributed by atoms with Crippen LogP contribution in [0.5, 0.6) is 11.5 Å². The molecule has 0 spiro atoms. The molecule has 0 unspecified atom stereocenters. The van der Waals surface area contributed by atoms with Gasteiger partial charge in [0.1, 0.15) is 5.56 Å². The number of hydrogen-bond acceptors (Lipinski definition) is 6. The lowest BCUT2D eigenvalue weighted by Gasteiger charge is -2.08. The molecule has 27 heavy (non-hydrogen) atoms. The molecule has 0 fully saturated rings. The number of fused-ring (bicyclic) bond motifs is 1. The van der Waals surface area contributed by atoms with Crippen molar-refractivity contribution in [3.8, 4) is 11.5 Å². The van der Waals surface area contributed by atoms with Crippen LogP contribution in [-0.2, 0) is 6.54 Å². The van der Waals surface area contributed by atoms with Gasteiger partial charge in [-0.1, -0.05) is 28.9 Å². The number of ether oxygens (including phenoxy) is 2. The molecular weight excluding hydrogens is 370 g/mol. The molecule has 1 aliphatic heterocycles. The highest BCUT2D eigenvalue weighted by Crippen LogP contribution is 2.33. The Bertz CT molecular complexity index is 1000. The maximum absolute atomic E-state index is 12.7. The van der Waals surface area contributed by atoms with E-state index in [1.54, 1.807) is 31.2 Å².